The first-order valence-electron chi connectivity index (χ1n) is 12.3. The van der Waals surface area contributed by atoms with Gasteiger partial charge in [0, 0.05) is 44.2 Å². The van der Waals surface area contributed by atoms with Crippen molar-refractivity contribution < 1.29 is 39.0 Å². The van der Waals surface area contributed by atoms with E-state index < -0.39 is 58.3 Å². The highest BCUT2D eigenvalue weighted by atomic mass is 16.3. The van der Waals surface area contributed by atoms with E-state index in [4.69, 9.17) is 5.73 Å². The van der Waals surface area contributed by atoms with Crippen LogP contribution in [0.4, 0.5) is 5.69 Å². The highest BCUT2D eigenvalue weighted by Gasteiger charge is 2.66. The Bertz CT molecular complexity index is 1270. The number of benzene rings is 1. The van der Waals surface area contributed by atoms with Gasteiger partial charge in [0.2, 0.25) is 11.8 Å². The Balaban J connectivity index is 1.76. The predicted molar refractivity (Wildman–Crippen MR) is 133 cm³/mol. The molecular weight excluding hydrogens is 496 g/mol. The predicted octanol–water partition coefficient (Wildman–Crippen LogP) is -1.43. The Kier molecular flexibility index (Phi) is 6.91. The topological polar surface area (TPSA) is 187 Å². The van der Waals surface area contributed by atoms with Crippen molar-refractivity contribution in [2.24, 2.45) is 29.4 Å². The van der Waals surface area contributed by atoms with Crippen molar-refractivity contribution in [2.45, 2.75) is 31.4 Å². The summed E-state index contributed by atoms with van der Waals surface area (Å²) in [6, 6.07) is 1.67. The molecule has 2 saturated carbocycles. The summed E-state index contributed by atoms with van der Waals surface area (Å²) >= 11 is 0. The maximum Gasteiger partial charge on any atom is 0.235 e. The number of phenolic OH excluding ortho intramolecular Hbond substituents is 1. The molecule has 2 fully saturated rings. The molecule has 5 atom stereocenters. The summed E-state index contributed by atoms with van der Waals surface area (Å²) in [5, 5.41) is 25.1. The zero-order chi connectivity index (χ0) is 28.3. The molecule has 12 nitrogen and oxygen atoms in total. The SMILES string of the molecule is CN(C)CC(=O)NCc1cc(N(C)C)c2c(c1O)C(=O)C1C(=O)[C@]3(O)C(=O)C(C(N)=O)C(=O)C[C@@H]3C[C@@H]1C2. The minimum absolute atomic E-state index is 0.0248. The van der Waals surface area contributed by atoms with E-state index in [1.165, 1.54) is 0 Å². The number of nitrogens with zero attached hydrogens (tertiary/aromatic N) is 2. The fourth-order valence-corrected chi connectivity index (χ4v) is 6.14. The van der Waals surface area contributed by atoms with Gasteiger partial charge in [0.1, 0.15) is 5.75 Å². The third-order valence-electron chi connectivity index (χ3n) is 7.88. The normalized spacial score (nSPS) is 28.5. The monoisotopic (exact) mass is 528 g/mol. The molecule has 0 heterocycles. The van der Waals surface area contributed by atoms with Crippen LogP contribution in [0.3, 0.4) is 0 Å². The maximum atomic E-state index is 13.8. The zero-order valence-electron chi connectivity index (χ0n) is 21.7. The van der Waals surface area contributed by atoms with E-state index in [-0.39, 0.29) is 55.1 Å². The number of Topliss-reactive ketones (excluding diaryl/α,β-unsaturated/α-hetero) is 4. The van der Waals surface area contributed by atoms with Crippen molar-refractivity contribution in [2.75, 3.05) is 39.6 Å². The lowest BCUT2D eigenvalue weighted by atomic mass is 9.53. The molecule has 2 unspecified atom stereocenters. The first-order valence-corrected chi connectivity index (χ1v) is 12.3. The molecule has 204 valence electrons. The minimum atomic E-state index is -2.69. The van der Waals surface area contributed by atoms with Crippen LogP contribution in [0, 0.1) is 23.7 Å². The van der Waals surface area contributed by atoms with Crippen LogP contribution in [0.15, 0.2) is 6.07 Å². The van der Waals surface area contributed by atoms with Gasteiger partial charge >= 0.3 is 0 Å². The molecule has 3 aliphatic carbocycles. The number of fused-ring (bicyclic) bond motifs is 3. The number of nitrogens with one attached hydrogen (secondary N) is 1. The summed E-state index contributed by atoms with van der Waals surface area (Å²) < 4.78 is 0. The summed E-state index contributed by atoms with van der Waals surface area (Å²) in [7, 11) is 6.97. The number of hydrogen-bond donors (Lipinski definition) is 4. The molecule has 0 spiro atoms. The van der Waals surface area contributed by atoms with Gasteiger partial charge < -0.3 is 31.1 Å². The lowest BCUT2D eigenvalue weighted by Gasteiger charge is -2.48. The van der Waals surface area contributed by atoms with E-state index in [2.05, 4.69) is 5.32 Å². The maximum absolute atomic E-state index is 13.8. The standard InChI is InChI=1S/C26H32N4O8/c1-29(2)10-17(32)28-9-12-7-15(30(3)4)14-6-11-5-13-8-16(31)20(25(27)37)24(36)26(13,38)23(35)18(11)22(34)19(14)21(12)33/h7,11,13,18,20,33,38H,5-6,8-10H2,1-4H3,(H2,27,37)(H,28,32)/t11-,13+,18?,20?,26+/m1/s1. The molecule has 1 aromatic rings. The van der Waals surface area contributed by atoms with E-state index in [0.29, 0.717) is 11.3 Å². The number of carbonyl (C=O) groups excluding carboxylic acids is 6. The Morgan fingerprint density at radius 1 is 1.11 bits per heavy atom. The number of rotatable bonds is 6. The number of amides is 2. The van der Waals surface area contributed by atoms with Gasteiger partial charge in [-0.05, 0) is 44.5 Å². The Morgan fingerprint density at radius 3 is 2.34 bits per heavy atom. The molecular formula is C26H32N4O8. The van der Waals surface area contributed by atoms with Gasteiger partial charge in [-0.2, -0.15) is 0 Å². The molecule has 0 aromatic heterocycles. The third kappa shape index (κ3) is 4.17. The van der Waals surface area contributed by atoms with Crippen molar-refractivity contribution in [3.63, 3.8) is 0 Å². The van der Waals surface area contributed by atoms with Gasteiger partial charge in [0.25, 0.3) is 0 Å². The number of likely N-dealkylation sites (N-methyl/N-ethyl adjacent to an activating group) is 1. The highest BCUT2D eigenvalue weighted by Crippen LogP contribution is 2.51. The lowest BCUT2D eigenvalue weighted by Crippen LogP contribution is -2.68. The summed E-state index contributed by atoms with van der Waals surface area (Å²) in [5.41, 5.74) is 3.80. The average molecular weight is 529 g/mol. The summed E-state index contributed by atoms with van der Waals surface area (Å²) in [6.45, 7) is 0.0425. The van der Waals surface area contributed by atoms with Crippen molar-refractivity contribution in [3.8, 4) is 5.75 Å². The average Bonchev–Trinajstić information content (AvgIpc) is 2.80. The first kappa shape index (κ1) is 27.4. The van der Waals surface area contributed by atoms with E-state index in [9.17, 15) is 39.0 Å². The molecule has 0 radical (unpaired) electrons. The van der Waals surface area contributed by atoms with Crippen molar-refractivity contribution in [1.29, 1.82) is 0 Å². The molecule has 0 saturated heterocycles. The van der Waals surface area contributed by atoms with Gasteiger partial charge in [0.05, 0.1) is 18.0 Å². The molecule has 3 aliphatic rings. The van der Waals surface area contributed by atoms with Gasteiger partial charge in [-0.15, -0.1) is 0 Å². The molecule has 0 bridgehead atoms. The lowest BCUT2D eigenvalue weighted by molar-refractivity contribution is -0.175. The van der Waals surface area contributed by atoms with Gasteiger partial charge in [0.15, 0.2) is 34.7 Å². The van der Waals surface area contributed by atoms with E-state index in [1.807, 2.05) is 0 Å². The number of carbonyl (C=O) groups is 6. The third-order valence-corrected chi connectivity index (χ3v) is 7.88. The largest absolute Gasteiger partial charge is 0.507 e. The van der Waals surface area contributed by atoms with Crippen LogP contribution < -0.4 is 16.0 Å². The summed E-state index contributed by atoms with van der Waals surface area (Å²) in [5.74, 6) is -10.9. The fourth-order valence-electron chi connectivity index (χ4n) is 6.14. The summed E-state index contributed by atoms with van der Waals surface area (Å²) in [4.78, 5) is 80.4. The second-order valence-electron chi connectivity index (χ2n) is 10.9. The Hall–Kier alpha value is -3.64. The van der Waals surface area contributed by atoms with E-state index in [1.54, 1.807) is 44.1 Å². The van der Waals surface area contributed by atoms with Crippen LogP contribution in [0.25, 0.3) is 0 Å². The molecule has 5 N–H and O–H groups in total. The molecule has 38 heavy (non-hydrogen) atoms. The van der Waals surface area contributed by atoms with Gasteiger partial charge in [-0.3, -0.25) is 28.8 Å². The van der Waals surface area contributed by atoms with Crippen LogP contribution >= 0.6 is 0 Å². The number of anilines is 1. The smallest absolute Gasteiger partial charge is 0.235 e. The number of nitrogens with two attached hydrogens (primary N) is 1. The fraction of sp³-hybridized carbons (Fsp3) is 0.538. The minimum Gasteiger partial charge on any atom is -0.507 e. The first-order chi connectivity index (χ1) is 17.7. The highest BCUT2D eigenvalue weighted by molar-refractivity contribution is 6.31. The number of phenols is 1. The molecule has 4 rings (SSSR count). The number of ketones is 4. The molecule has 2 amide bonds. The van der Waals surface area contributed by atoms with Crippen molar-refractivity contribution in [1.82, 2.24) is 10.2 Å². The van der Waals surface area contributed by atoms with Gasteiger partial charge in [-0.25, -0.2) is 0 Å². The van der Waals surface area contributed by atoms with Crippen molar-refractivity contribution in [3.05, 3.63) is 22.8 Å². The van der Waals surface area contributed by atoms with Crippen LogP contribution in [0.1, 0.15) is 34.3 Å². The summed E-state index contributed by atoms with van der Waals surface area (Å²) in [6.07, 6.45) is -0.180. The number of hydrogen-bond acceptors (Lipinski definition) is 10. The second-order valence-corrected chi connectivity index (χ2v) is 10.9. The molecule has 12 heteroatoms. The quantitative estimate of drug-likeness (QED) is 0.319. The van der Waals surface area contributed by atoms with Crippen LogP contribution in [0.2, 0.25) is 0 Å². The molecule has 1 aromatic carbocycles. The van der Waals surface area contributed by atoms with Crippen LogP contribution in [-0.2, 0) is 36.9 Å². The van der Waals surface area contributed by atoms with Crippen LogP contribution in [-0.4, -0.2) is 90.4 Å². The molecule has 0 aliphatic heterocycles. The Morgan fingerprint density at radius 2 is 1.76 bits per heavy atom. The number of primary amides is 1. The Labute approximate surface area is 219 Å². The van der Waals surface area contributed by atoms with Crippen LogP contribution in [0.5, 0.6) is 5.75 Å². The number of aliphatic hydroxyl groups is 1. The zero-order valence-corrected chi connectivity index (χ0v) is 21.7. The van der Waals surface area contributed by atoms with Gasteiger partial charge in [-0.1, -0.05) is 0 Å². The number of aromatic hydroxyl groups is 1. The second kappa shape index (κ2) is 9.59. The van der Waals surface area contributed by atoms with E-state index in [0.717, 1.165) is 0 Å². The van der Waals surface area contributed by atoms with E-state index >= 15 is 0 Å². The van der Waals surface area contributed by atoms with Crippen molar-refractivity contribution >= 4 is 40.6 Å².